The Labute approximate surface area is 141 Å². The van der Waals surface area contributed by atoms with Crippen molar-refractivity contribution in [2.75, 3.05) is 12.4 Å². The monoisotopic (exact) mass is 326 g/mol. The highest BCUT2D eigenvalue weighted by Gasteiger charge is 2.19. The number of rotatable bonds is 7. The summed E-state index contributed by atoms with van der Waals surface area (Å²) in [5.74, 6) is -1.60. The lowest BCUT2D eigenvalue weighted by Gasteiger charge is -2.18. The fourth-order valence-corrected chi connectivity index (χ4v) is 2.39. The molecule has 0 radical (unpaired) electrons. The number of hydrogen-bond donors (Lipinski definition) is 1. The van der Waals surface area contributed by atoms with E-state index < -0.39 is 11.9 Å². The Balaban J connectivity index is 2.08. The first-order valence-electron chi connectivity index (χ1n) is 7.68. The van der Waals surface area contributed by atoms with Crippen molar-refractivity contribution in [1.29, 1.82) is 0 Å². The average molecular weight is 326 g/mol. The van der Waals surface area contributed by atoms with E-state index in [-0.39, 0.29) is 12.3 Å². The summed E-state index contributed by atoms with van der Waals surface area (Å²) < 4.78 is 5.06. The number of carbonyl (C=O) groups is 2. The van der Waals surface area contributed by atoms with Gasteiger partial charge in [0, 0.05) is 17.6 Å². The highest BCUT2D eigenvalue weighted by molar-refractivity contribution is 5.94. The van der Waals surface area contributed by atoms with Crippen LogP contribution >= 0.6 is 0 Å². The summed E-state index contributed by atoms with van der Waals surface area (Å²) in [6.07, 6.45) is 0.0200. The van der Waals surface area contributed by atoms with Gasteiger partial charge in [0.05, 0.1) is 7.11 Å². The van der Waals surface area contributed by atoms with Gasteiger partial charge in [-0.25, -0.2) is 0 Å². The number of aliphatic carboxylic acids is 1. The Bertz CT molecular complexity index is 692. The standard InChI is InChI=1S/C19H21NO4/c1-13-3-5-14(6-4-13)11-15(12-18(21)22)19(23)20-16-7-9-17(24-2)10-8-16/h3-10,15H,11-12H2,1-2H3,(H,20,23)(H,21,22)/p-1. The van der Waals surface area contributed by atoms with E-state index in [0.29, 0.717) is 17.9 Å². The summed E-state index contributed by atoms with van der Waals surface area (Å²) in [5, 5.41) is 13.7. The Kier molecular flexibility index (Phi) is 5.95. The highest BCUT2D eigenvalue weighted by Crippen LogP contribution is 2.19. The molecule has 0 aromatic heterocycles. The summed E-state index contributed by atoms with van der Waals surface area (Å²) >= 11 is 0. The third-order valence-corrected chi connectivity index (χ3v) is 3.74. The second-order valence-corrected chi connectivity index (χ2v) is 5.68. The number of nitrogens with one attached hydrogen (secondary N) is 1. The van der Waals surface area contributed by atoms with Gasteiger partial charge in [-0.05, 0) is 49.6 Å². The van der Waals surface area contributed by atoms with Gasteiger partial charge in [-0.1, -0.05) is 29.8 Å². The van der Waals surface area contributed by atoms with Crippen molar-refractivity contribution >= 4 is 17.6 Å². The minimum Gasteiger partial charge on any atom is -0.550 e. The van der Waals surface area contributed by atoms with E-state index in [1.807, 2.05) is 31.2 Å². The maximum Gasteiger partial charge on any atom is 0.228 e. The van der Waals surface area contributed by atoms with Gasteiger partial charge in [0.2, 0.25) is 5.91 Å². The summed E-state index contributed by atoms with van der Waals surface area (Å²) in [4.78, 5) is 23.4. The molecule has 0 saturated carbocycles. The molecule has 5 nitrogen and oxygen atoms in total. The number of carboxylic acids is 1. The molecular weight excluding hydrogens is 306 g/mol. The summed E-state index contributed by atoms with van der Waals surface area (Å²) in [5.41, 5.74) is 2.61. The van der Waals surface area contributed by atoms with E-state index >= 15 is 0 Å². The predicted molar refractivity (Wildman–Crippen MR) is 89.6 cm³/mol. The second-order valence-electron chi connectivity index (χ2n) is 5.68. The number of carbonyl (C=O) groups excluding carboxylic acids is 2. The molecule has 0 aliphatic rings. The smallest absolute Gasteiger partial charge is 0.228 e. The number of ether oxygens (including phenoxy) is 1. The zero-order valence-electron chi connectivity index (χ0n) is 13.7. The molecule has 5 heteroatoms. The lowest BCUT2D eigenvalue weighted by Crippen LogP contribution is -2.32. The van der Waals surface area contributed by atoms with Crippen molar-refractivity contribution in [1.82, 2.24) is 0 Å². The third-order valence-electron chi connectivity index (χ3n) is 3.74. The molecule has 1 amide bonds. The van der Waals surface area contributed by atoms with Gasteiger partial charge in [-0.3, -0.25) is 4.79 Å². The van der Waals surface area contributed by atoms with Crippen LogP contribution < -0.4 is 15.2 Å². The molecule has 0 bridgehead atoms. The van der Waals surface area contributed by atoms with Crippen LogP contribution in [0.25, 0.3) is 0 Å². The summed E-state index contributed by atoms with van der Waals surface area (Å²) in [6.45, 7) is 1.97. The van der Waals surface area contributed by atoms with Crippen LogP contribution in [0.4, 0.5) is 5.69 Å². The minimum atomic E-state index is -1.24. The second kappa shape index (κ2) is 8.15. The molecule has 2 aromatic carbocycles. The SMILES string of the molecule is COc1ccc(NC(=O)C(CC(=O)[O-])Cc2ccc(C)cc2)cc1. The number of anilines is 1. The molecule has 1 N–H and O–H groups in total. The molecule has 126 valence electrons. The molecule has 0 aliphatic carbocycles. The largest absolute Gasteiger partial charge is 0.550 e. The van der Waals surface area contributed by atoms with Crippen LogP contribution in [0.2, 0.25) is 0 Å². The Morgan fingerprint density at radius 3 is 2.25 bits per heavy atom. The van der Waals surface area contributed by atoms with Crippen molar-refractivity contribution in [2.24, 2.45) is 5.92 Å². The van der Waals surface area contributed by atoms with Crippen molar-refractivity contribution in [3.63, 3.8) is 0 Å². The quantitative estimate of drug-likeness (QED) is 0.843. The van der Waals surface area contributed by atoms with Crippen molar-refractivity contribution < 1.29 is 19.4 Å². The molecule has 0 heterocycles. The minimum absolute atomic E-state index is 0.324. The normalized spacial score (nSPS) is 11.6. The topological polar surface area (TPSA) is 78.5 Å². The Morgan fingerprint density at radius 2 is 1.71 bits per heavy atom. The number of carboxylic acid groups (broad SMARTS) is 1. The van der Waals surface area contributed by atoms with E-state index in [4.69, 9.17) is 4.74 Å². The Morgan fingerprint density at radius 1 is 1.08 bits per heavy atom. The van der Waals surface area contributed by atoms with Crippen LogP contribution in [0.3, 0.4) is 0 Å². The molecule has 2 rings (SSSR count). The molecule has 0 fully saturated rings. The van der Waals surface area contributed by atoms with Gasteiger partial charge in [-0.2, -0.15) is 0 Å². The first kappa shape index (κ1) is 17.5. The van der Waals surface area contributed by atoms with Crippen molar-refractivity contribution in [3.05, 3.63) is 59.7 Å². The van der Waals surface area contributed by atoms with Crippen LogP contribution in [-0.4, -0.2) is 19.0 Å². The predicted octanol–water partition coefficient (Wildman–Crippen LogP) is 1.94. The van der Waals surface area contributed by atoms with E-state index in [1.165, 1.54) is 0 Å². The number of methoxy groups -OCH3 is 1. The Hall–Kier alpha value is -2.82. The maximum atomic E-state index is 12.4. The van der Waals surface area contributed by atoms with Crippen LogP contribution in [0.15, 0.2) is 48.5 Å². The average Bonchev–Trinajstić information content (AvgIpc) is 2.56. The zero-order valence-corrected chi connectivity index (χ0v) is 13.7. The van der Waals surface area contributed by atoms with E-state index in [9.17, 15) is 14.7 Å². The van der Waals surface area contributed by atoms with Gasteiger partial charge in [-0.15, -0.1) is 0 Å². The zero-order chi connectivity index (χ0) is 17.5. The molecule has 1 atom stereocenters. The van der Waals surface area contributed by atoms with E-state index in [2.05, 4.69) is 5.32 Å². The fraction of sp³-hybridized carbons (Fsp3) is 0.263. The summed E-state index contributed by atoms with van der Waals surface area (Å²) in [6, 6.07) is 14.5. The van der Waals surface area contributed by atoms with Gasteiger partial charge in [0.15, 0.2) is 0 Å². The number of aryl methyl sites for hydroxylation is 1. The number of benzene rings is 2. The first-order valence-corrected chi connectivity index (χ1v) is 7.68. The molecular formula is C19H20NO4-. The molecule has 0 saturated heterocycles. The van der Waals surface area contributed by atoms with Gasteiger partial charge < -0.3 is 20.0 Å². The van der Waals surface area contributed by atoms with E-state index in [1.54, 1.807) is 31.4 Å². The van der Waals surface area contributed by atoms with E-state index in [0.717, 1.165) is 11.1 Å². The molecule has 1 unspecified atom stereocenters. The lowest BCUT2D eigenvalue weighted by atomic mass is 9.94. The van der Waals surface area contributed by atoms with Crippen LogP contribution in [0.1, 0.15) is 17.5 Å². The van der Waals surface area contributed by atoms with Gasteiger partial charge >= 0.3 is 0 Å². The molecule has 0 spiro atoms. The van der Waals surface area contributed by atoms with Crippen LogP contribution in [-0.2, 0) is 16.0 Å². The van der Waals surface area contributed by atoms with Crippen LogP contribution in [0.5, 0.6) is 5.75 Å². The van der Waals surface area contributed by atoms with Crippen LogP contribution in [0, 0.1) is 12.8 Å². The molecule has 2 aromatic rings. The number of hydrogen-bond acceptors (Lipinski definition) is 4. The molecule has 24 heavy (non-hydrogen) atoms. The summed E-state index contributed by atoms with van der Waals surface area (Å²) in [7, 11) is 1.56. The third kappa shape index (κ3) is 5.12. The fourth-order valence-electron chi connectivity index (χ4n) is 2.39. The van der Waals surface area contributed by atoms with Gasteiger partial charge in [0.25, 0.3) is 0 Å². The lowest BCUT2D eigenvalue weighted by molar-refractivity contribution is -0.306. The van der Waals surface area contributed by atoms with Gasteiger partial charge in [0.1, 0.15) is 5.75 Å². The highest BCUT2D eigenvalue weighted by atomic mass is 16.5. The maximum absolute atomic E-state index is 12.4. The van der Waals surface area contributed by atoms with Crippen molar-refractivity contribution in [3.8, 4) is 5.75 Å². The molecule has 0 aliphatic heterocycles. The number of amides is 1. The first-order chi connectivity index (χ1) is 11.5. The van der Waals surface area contributed by atoms with Crippen molar-refractivity contribution in [2.45, 2.75) is 19.8 Å².